The molecule has 1 aromatic heterocycles. The van der Waals surface area contributed by atoms with Crippen molar-refractivity contribution >= 4 is 28.3 Å². The summed E-state index contributed by atoms with van der Waals surface area (Å²) < 4.78 is 5.06. The zero-order valence-electron chi connectivity index (χ0n) is 11.5. The molecule has 0 saturated carbocycles. The summed E-state index contributed by atoms with van der Waals surface area (Å²) in [4.78, 5) is 27.6. The molecule has 0 aliphatic rings. The van der Waals surface area contributed by atoms with Gasteiger partial charge < -0.3 is 9.84 Å². The third kappa shape index (κ3) is 3.79. The molecule has 0 atom stereocenters. The van der Waals surface area contributed by atoms with Gasteiger partial charge in [-0.15, -0.1) is 11.3 Å². The highest BCUT2D eigenvalue weighted by Gasteiger charge is 2.14. The van der Waals surface area contributed by atoms with Crippen molar-refractivity contribution < 1.29 is 19.4 Å². The lowest BCUT2D eigenvalue weighted by molar-refractivity contribution is -0.136. The number of nitrogens with one attached hydrogen (secondary N) is 1. The first kappa shape index (κ1) is 15.0. The number of ether oxygens (including phenoxy) is 1. The molecule has 1 heterocycles. The fraction of sp³-hybridized carbons (Fsp3) is 0.214. The number of carboxylic acids is 1. The van der Waals surface area contributed by atoms with Gasteiger partial charge in [-0.25, -0.2) is 4.98 Å². The van der Waals surface area contributed by atoms with Crippen LogP contribution in [0, 0.1) is 6.92 Å². The number of aliphatic carboxylic acids is 1. The lowest BCUT2D eigenvalue weighted by atomic mass is 10.2. The third-order valence-corrected chi connectivity index (χ3v) is 3.83. The Morgan fingerprint density at radius 1 is 1.43 bits per heavy atom. The molecular weight excluding hydrogens is 292 g/mol. The zero-order valence-corrected chi connectivity index (χ0v) is 12.4. The Kier molecular flexibility index (Phi) is 4.54. The predicted molar refractivity (Wildman–Crippen MR) is 79.1 cm³/mol. The van der Waals surface area contributed by atoms with Crippen LogP contribution in [-0.2, 0) is 11.2 Å². The van der Waals surface area contributed by atoms with Gasteiger partial charge in [0.1, 0.15) is 5.75 Å². The maximum absolute atomic E-state index is 12.1. The van der Waals surface area contributed by atoms with E-state index in [2.05, 4.69) is 10.3 Å². The Labute approximate surface area is 125 Å². The Morgan fingerprint density at radius 2 is 2.19 bits per heavy atom. The zero-order chi connectivity index (χ0) is 15.4. The van der Waals surface area contributed by atoms with Crippen molar-refractivity contribution in [2.45, 2.75) is 13.3 Å². The molecule has 1 amide bonds. The largest absolute Gasteiger partial charge is 0.497 e. The molecule has 0 unspecified atom stereocenters. The summed E-state index contributed by atoms with van der Waals surface area (Å²) in [6.45, 7) is 1.72. The van der Waals surface area contributed by atoms with Gasteiger partial charge in [0, 0.05) is 10.4 Å². The van der Waals surface area contributed by atoms with Gasteiger partial charge in [0.05, 0.1) is 19.2 Å². The van der Waals surface area contributed by atoms with Crippen LogP contribution in [0.1, 0.15) is 20.9 Å². The summed E-state index contributed by atoms with van der Waals surface area (Å²) in [7, 11) is 1.53. The van der Waals surface area contributed by atoms with Gasteiger partial charge in [0.2, 0.25) is 0 Å². The number of amides is 1. The van der Waals surface area contributed by atoms with Crippen LogP contribution in [0.25, 0.3) is 0 Å². The van der Waals surface area contributed by atoms with Gasteiger partial charge in [-0.2, -0.15) is 0 Å². The summed E-state index contributed by atoms with van der Waals surface area (Å²) in [5, 5.41) is 11.8. The molecule has 0 radical (unpaired) electrons. The predicted octanol–water partition coefficient (Wildman–Crippen LogP) is 2.34. The molecule has 6 nitrogen and oxygen atoms in total. The number of nitrogens with zero attached hydrogens (tertiary/aromatic N) is 1. The average molecular weight is 306 g/mol. The summed E-state index contributed by atoms with van der Waals surface area (Å²) in [5.74, 6) is -0.651. The second-order valence-electron chi connectivity index (χ2n) is 4.28. The number of thiazole rings is 1. The molecule has 2 aromatic rings. The van der Waals surface area contributed by atoms with Crippen molar-refractivity contribution in [1.82, 2.24) is 4.98 Å². The highest BCUT2D eigenvalue weighted by molar-refractivity contribution is 7.16. The van der Waals surface area contributed by atoms with Crippen LogP contribution >= 0.6 is 11.3 Å². The second kappa shape index (κ2) is 6.36. The number of hydrogen-bond acceptors (Lipinski definition) is 5. The minimum atomic E-state index is -0.924. The van der Waals surface area contributed by atoms with E-state index >= 15 is 0 Å². The number of anilines is 1. The van der Waals surface area contributed by atoms with Crippen molar-refractivity contribution in [2.24, 2.45) is 0 Å². The molecule has 0 saturated heterocycles. The van der Waals surface area contributed by atoms with Gasteiger partial charge in [0.15, 0.2) is 5.13 Å². The first-order chi connectivity index (χ1) is 9.99. The lowest BCUT2D eigenvalue weighted by Crippen LogP contribution is -2.11. The number of carboxylic acid groups (broad SMARTS) is 1. The van der Waals surface area contributed by atoms with Gasteiger partial charge in [-0.05, 0) is 25.1 Å². The summed E-state index contributed by atoms with van der Waals surface area (Å²) in [5.41, 5.74) is 1.06. The smallest absolute Gasteiger partial charge is 0.308 e. The molecule has 0 spiro atoms. The van der Waals surface area contributed by atoms with Crippen molar-refractivity contribution in [3.05, 3.63) is 40.4 Å². The van der Waals surface area contributed by atoms with E-state index in [4.69, 9.17) is 9.84 Å². The van der Waals surface area contributed by atoms with Gasteiger partial charge in [0.25, 0.3) is 5.91 Å². The van der Waals surface area contributed by atoms with Crippen LogP contribution in [0.5, 0.6) is 5.75 Å². The van der Waals surface area contributed by atoms with Gasteiger partial charge in [-0.1, -0.05) is 6.07 Å². The average Bonchev–Trinajstić information content (AvgIpc) is 2.78. The van der Waals surface area contributed by atoms with Crippen LogP contribution in [-0.4, -0.2) is 29.1 Å². The summed E-state index contributed by atoms with van der Waals surface area (Å²) in [6, 6.07) is 6.75. The summed E-state index contributed by atoms with van der Waals surface area (Å²) >= 11 is 1.17. The number of methoxy groups -OCH3 is 1. The molecule has 7 heteroatoms. The minimum Gasteiger partial charge on any atom is -0.497 e. The molecule has 110 valence electrons. The van der Waals surface area contributed by atoms with E-state index in [9.17, 15) is 9.59 Å². The molecule has 0 aliphatic heterocycles. The minimum absolute atomic E-state index is 0.0987. The molecule has 2 rings (SSSR count). The number of carbonyl (C=O) groups excluding carboxylic acids is 1. The Hall–Kier alpha value is -2.41. The molecule has 0 fully saturated rings. The Balaban J connectivity index is 2.14. The number of aryl methyl sites for hydroxylation is 1. The van der Waals surface area contributed by atoms with E-state index in [0.29, 0.717) is 27.0 Å². The van der Waals surface area contributed by atoms with Gasteiger partial charge in [-0.3, -0.25) is 14.9 Å². The van der Waals surface area contributed by atoms with E-state index in [1.807, 2.05) is 0 Å². The Morgan fingerprint density at radius 3 is 2.86 bits per heavy atom. The van der Waals surface area contributed by atoms with E-state index in [-0.39, 0.29) is 12.3 Å². The van der Waals surface area contributed by atoms with Gasteiger partial charge >= 0.3 is 5.97 Å². The van der Waals surface area contributed by atoms with Crippen LogP contribution in [0.15, 0.2) is 24.3 Å². The SMILES string of the molecule is COc1cccc(C(=O)Nc2nc(C)c(CC(=O)O)s2)c1. The molecule has 2 N–H and O–H groups in total. The van der Waals surface area contributed by atoms with Crippen molar-refractivity contribution in [1.29, 1.82) is 0 Å². The number of benzene rings is 1. The van der Waals surface area contributed by atoms with Crippen LogP contribution in [0.2, 0.25) is 0 Å². The first-order valence-electron chi connectivity index (χ1n) is 6.13. The molecular formula is C14H14N2O4S. The maximum atomic E-state index is 12.1. The molecule has 0 aliphatic carbocycles. The van der Waals surface area contributed by atoms with E-state index in [1.165, 1.54) is 18.4 Å². The number of rotatable bonds is 5. The molecule has 21 heavy (non-hydrogen) atoms. The quantitative estimate of drug-likeness (QED) is 0.885. The first-order valence-corrected chi connectivity index (χ1v) is 6.94. The number of hydrogen-bond donors (Lipinski definition) is 2. The van der Waals surface area contributed by atoms with Crippen molar-refractivity contribution in [3.63, 3.8) is 0 Å². The third-order valence-electron chi connectivity index (χ3n) is 2.76. The highest BCUT2D eigenvalue weighted by Crippen LogP contribution is 2.24. The van der Waals surface area contributed by atoms with Crippen LogP contribution in [0.4, 0.5) is 5.13 Å². The number of carbonyl (C=O) groups is 2. The second-order valence-corrected chi connectivity index (χ2v) is 5.37. The highest BCUT2D eigenvalue weighted by atomic mass is 32.1. The normalized spacial score (nSPS) is 10.2. The van der Waals surface area contributed by atoms with E-state index in [0.717, 1.165) is 0 Å². The maximum Gasteiger partial charge on any atom is 0.308 e. The standard InChI is InChI=1S/C14H14N2O4S/c1-8-11(7-12(17)18)21-14(15-8)16-13(19)9-4-3-5-10(6-9)20-2/h3-6H,7H2,1-2H3,(H,17,18)(H,15,16,19). The van der Waals surface area contributed by atoms with E-state index in [1.54, 1.807) is 31.2 Å². The molecule has 1 aromatic carbocycles. The molecule has 0 bridgehead atoms. The summed E-state index contributed by atoms with van der Waals surface area (Å²) in [6.07, 6.45) is -0.0987. The number of aromatic nitrogens is 1. The van der Waals surface area contributed by atoms with Crippen molar-refractivity contribution in [3.8, 4) is 5.75 Å². The van der Waals surface area contributed by atoms with Crippen molar-refractivity contribution in [2.75, 3.05) is 12.4 Å². The fourth-order valence-corrected chi connectivity index (χ4v) is 2.67. The fourth-order valence-electron chi connectivity index (χ4n) is 1.72. The van der Waals surface area contributed by atoms with Crippen LogP contribution in [0.3, 0.4) is 0 Å². The van der Waals surface area contributed by atoms with Crippen LogP contribution < -0.4 is 10.1 Å². The monoisotopic (exact) mass is 306 g/mol. The van der Waals surface area contributed by atoms with E-state index < -0.39 is 5.97 Å². The topological polar surface area (TPSA) is 88.5 Å². The Bertz CT molecular complexity index is 681. The lowest BCUT2D eigenvalue weighted by Gasteiger charge is -2.04.